The number of rotatable bonds is 6. The Bertz CT molecular complexity index is 190. The van der Waals surface area contributed by atoms with Crippen molar-refractivity contribution in [1.82, 2.24) is 4.90 Å². The minimum absolute atomic E-state index is 0.712. The smallest absolute Gasteiger partial charge is 0.0621 e. The minimum atomic E-state index is 0.712. The van der Waals surface area contributed by atoms with Crippen LogP contribution in [0.15, 0.2) is 0 Å². The van der Waals surface area contributed by atoms with Crippen LogP contribution in [-0.4, -0.2) is 31.1 Å². The van der Waals surface area contributed by atoms with Crippen LogP contribution in [0, 0.1) is 17.2 Å². The summed E-state index contributed by atoms with van der Waals surface area (Å²) in [6.07, 6.45) is 6.77. The van der Waals surface area contributed by atoms with E-state index in [-0.39, 0.29) is 0 Å². The number of piperidine rings is 1. The molecule has 86 valence electrons. The first kappa shape index (κ1) is 12.5. The third-order valence-electron chi connectivity index (χ3n) is 3.29. The molecule has 0 spiro atoms. The monoisotopic (exact) mass is 209 g/mol. The van der Waals surface area contributed by atoms with Crippen LogP contribution in [0.3, 0.4) is 0 Å². The molecule has 0 aromatic carbocycles. The lowest BCUT2D eigenvalue weighted by molar-refractivity contribution is 0.178. The molecule has 0 unspecified atom stereocenters. The second-order valence-electron chi connectivity index (χ2n) is 4.48. The third-order valence-corrected chi connectivity index (χ3v) is 3.29. The quantitative estimate of drug-likeness (QED) is 0.678. The highest BCUT2D eigenvalue weighted by Crippen LogP contribution is 2.19. The second kappa shape index (κ2) is 7.67. The van der Waals surface area contributed by atoms with Crippen LogP contribution in [-0.2, 0) is 0 Å². The SMILES string of the molecule is N#CCCCCN1CCC(CCN)CC1. The summed E-state index contributed by atoms with van der Waals surface area (Å²) in [7, 11) is 0. The summed E-state index contributed by atoms with van der Waals surface area (Å²) in [5.74, 6) is 0.866. The summed E-state index contributed by atoms with van der Waals surface area (Å²) in [6.45, 7) is 4.48. The van der Waals surface area contributed by atoms with Crippen molar-refractivity contribution in [3.8, 4) is 6.07 Å². The van der Waals surface area contributed by atoms with Gasteiger partial charge in [0.25, 0.3) is 0 Å². The lowest BCUT2D eigenvalue weighted by atomic mass is 9.93. The molecule has 0 amide bonds. The third kappa shape index (κ3) is 5.15. The highest BCUT2D eigenvalue weighted by molar-refractivity contribution is 4.73. The molecule has 1 saturated heterocycles. The number of nitrogens with zero attached hydrogens (tertiary/aromatic N) is 2. The van der Waals surface area contributed by atoms with Gasteiger partial charge in [0.1, 0.15) is 0 Å². The largest absolute Gasteiger partial charge is 0.330 e. The molecule has 1 aliphatic rings. The van der Waals surface area contributed by atoms with Crippen molar-refractivity contribution >= 4 is 0 Å². The Kier molecular flexibility index (Phi) is 6.38. The topological polar surface area (TPSA) is 53.0 Å². The van der Waals surface area contributed by atoms with E-state index in [2.05, 4.69) is 11.0 Å². The van der Waals surface area contributed by atoms with Crippen molar-refractivity contribution < 1.29 is 0 Å². The molecule has 0 bridgehead atoms. The van der Waals surface area contributed by atoms with Crippen molar-refractivity contribution in [3.05, 3.63) is 0 Å². The van der Waals surface area contributed by atoms with Gasteiger partial charge in [-0.05, 0) is 64.2 Å². The van der Waals surface area contributed by atoms with Gasteiger partial charge in [0, 0.05) is 6.42 Å². The first-order valence-electron chi connectivity index (χ1n) is 6.16. The molecule has 1 aliphatic heterocycles. The highest BCUT2D eigenvalue weighted by Gasteiger charge is 2.17. The van der Waals surface area contributed by atoms with Gasteiger partial charge in [0.15, 0.2) is 0 Å². The zero-order valence-corrected chi connectivity index (χ0v) is 9.62. The molecule has 1 rings (SSSR count). The van der Waals surface area contributed by atoms with Gasteiger partial charge in [-0.3, -0.25) is 0 Å². The van der Waals surface area contributed by atoms with E-state index >= 15 is 0 Å². The molecule has 1 fully saturated rings. The normalized spacial score (nSPS) is 18.9. The van der Waals surface area contributed by atoms with Crippen molar-refractivity contribution in [3.63, 3.8) is 0 Å². The average molecular weight is 209 g/mol. The summed E-state index contributed by atoms with van der Waals surface area (Å²) >= 11 is 0. The van der Waals surface area contributed by atoms with Crippen LogP contribution in [0.25, 0.3) is 0 Å². The first-order chi connectivity index (χ1) is 7.36. The van der Waals surface area contributed by atoms with Gasteiger partial charge < -0.3 is 10.6 Å². The fourth-order valence-corrected chi connectivity index (χ4v) is 2.27. The minimum Gasteiger partial charge on any atom is -0.330 e. The summed E-state index contributed by atoms with van der Waals surface area (Å²) in [4.78, 5) is 2.53. The predicted octanol–water partition coefficient (Wildman–Crippen LogP) is 1.74. The van der Waals surface area contributed by atoms with E-state index in [1.807, 2.05) is 0 Å². The van der Waals surface area contributed by atoms with Crippen molar-refractivity contribution in [2.45, 2.75) is 38.5 Å². The zero-order valence-electron chi connectivity index (χ0n) is 9.62. The molecule has 0 aliphatic carbocycles. The van der Waals surface area contributed by atoms with Crippen molar-refractivity contribution in [2.24, 2.45) is 11.7 Å². The molecule has 2 N–H and O–H groups in total. The Hall–Kier alpha value is -0.590. The summed E-state index contributed by atoms with van der Waals surface area (Å²) in [6, 6.07) is 2.20. The van der Waals surface area contributed by atoms with E-state index < -0.39 is 0 Å². The fraction of sp³-hybridized carbons (Fsp3) is 0.917. The van der Waals surface area contributed by atoms with Gasteiger partial charge in [-0.15, -0.1) is 0 Å². The summed E-state index contributed by atoms with van der Waals surface area (Å²) in [5, 5.41) is 8.42. The van der Waals surface area contributed by atoms with Gasteiger partial charge in [-0.2, -0.15) is 5.26 Å². The Balaban J connectivity index is 2.02. The van der Waals surface area contributed by atoms with Crippen LogP contribution in [0.4, 0.5) is 0 Å². The molecule has 0 aromatic rings. The Labute approximate surface area is 93.2 Å². The molecule has 0 radical (unpaired) electrons. The average Bonchev–Trinajstić information content (AvgIpc) is 2.27. The van der Waals surface area contributed by atoms with Gasteiger partial charge in [-0.1, -0.05) is 0 Å². The van der Waals surface area contributed by atoms with Crippen LogP contribution in [0.2, 0.25) is 0 Å². The highest BCUT2D eigenvalue weighted by atomic mass is 15.1. The molecule has 0 aromatic heterocycles. The maximum atomic E-state index is 8.42. The molecule has 3 nitrogen and oxygen atoms in total. The molecule has 3 heteroatoms. The summed E-state index contributed by atoms with van der Waals surface area (Å²) in [5.41, 5.74) is 5.56. The van der Waals surface area contributed by atoms with Crippen LogP contribution >= 0.6 is 0 Å². The molecule has 0 saturated carbocycles. The van der Waals surface area contributed by atoms with Crippen LogP contribution < -0.4 is 5.73 Å². The molecular weight excluding hydrogens is 186 g/mol. The van der Waals surface area contributed by atoms with E-state index in [0.717, 1.165) is 18.9 Å². The maximum absolute atomic E-state index is 8.42. The lowest BCUT2D eigenvalue weighted by Crippen LogP contribution is -2.34. The van der Waals surface area contributed by atoms with E-state index in [9.17, 15) is 0 Å². The van der Waals surface area contributed by atoms with Gasteiger partial charge in [0.05, 0.1) is 6.07 Å². The van der Waals surface area contributed by atoms with Crippen LogP contribution in [0.5, 0.6) is 0 Å². The Morgan fingerprint density at radius 2 is 2.00 bits per heavy atom. The summed E-state index contributed by atoms with van der Waals surface area (Å²) < 4.78 is 0. The predicted molar refractivity (Wildman–Crippen MR) is 62.3 cm³/mol. The number of unbranched alkanes of at least 4 members (excludes halogenated alkanes) is 2. The Morgan fingerprint density at radius 3 is 2.60 bits per heavy atom. The van der Waals surface area contributed by atoms with Crippen molar-refractivity contribution in [2.75, 3.05) is 26.2 Å². The molecule has 15 heavy (non-hydrogen) atoms. The Morgan fingerprint density at radius 1 is 1.27 bits per heavy atom. The van der Waals surface area contributed by atoms with Crippen molar-refractivity contribution in [1.29, 1.82) is 5.26 Å². The number of hydrogen-bond acceptors (Lipinski definition) is 3. The second-order valence-corrected chi connectivity index (χ2v) is 4.48. The van der Waals surface area contributed by atoms with E-state index in [0.29, 0.717) is 6.42 Å². The number of nitrogens with two attached hydrogens (primary N) is 1. The van der Waals surface area contributed by atoms with E-state index in [1.54, 1.807) is 0 Å². The van der Waals surface area contributed by atoms with Gasteiger partial charge >= 0.3 is 0 Å². The fourth-order valence-electron chi connectivity index (χ4n) is 2.27. The lowest BCUT2D eigenvalue weighted by Gasteiger charge is -2.31. The van der Waals surface area contributed by atoms with Gasteiger partial charge in [0.2, 0.25) is 0 Å². The first-order valence-corrected chi connectivity index (χ1v) is 6.16. The molecule has 1 heterocycles. The van der Waals surface area contributed by atoms with E-state index in [4.69, 9.17) is 11.0 Å². The number of nitriles is 1. The maximum Gasteiger partial charge on any atom is 0.0621 e. The van der Waals surface area contributed by atoms with E-state index in [1.165, 1.54) is 45.3 Å². The molecule has 0 atom stereocenters. The number of hydrogen-bond donors (Lipinski definition) is 1. The van der Waals surface area contributed by atoms with Gasteiger partial charge in [-0.25, -0.2) is 0 Å². The molecular formula is C12H23N3. The zero-order chi connectivity index (χ0) is 10.9. The standard InChI is InChI=1S/C12H23N3/c13-7-2-1-3-9-15-10-5-12(4-8-14)6-11-15/h12H,1-6,8-11,14H2. The van der Waals surface area contributed by atoms with Crippen LogP contribution in [0.1, 0.15) is 38.5 Å². The number of likely N-dealkylation sites (tertiary alicyclic amines) is 1.